The molecule has 1 fully saturated rings. The molecular weight excluding hydrogens is 341 g/mol. The second-order valence-electron chi connectivity index (χ2n) is 7.10. The lowest BCUT2D eigenvalue weighted by atomic mass is 9.95. The first-order chi connectivity index (χ1) is 11.1. The van der Waals surface area contributed by atoms with Gasteiger partial charge in [0, 0.05) is 26.2 Å². The first kappa shape index (κ1) is 19.2. The van der Waals surface area contributed by atoms with Gasteiger partial charge in [0.2, 0.25) is 0 Å². The lowest BCUT2D eigenvalue weighted by Gasteiger charge is -2.42. The normalized spacial score (nSPS) is 18.5. The maximum absolute atomic E-state index is 12.4. The Hall–Kier alpha value is -1.14. The molecule has 1 atom stereocenters. The summed E-state index contributed by atoms with van der Waals surface area (Å²) in [5, 5.41) is 0. The summed E-state index contributed by atoms with van der Waals surface area (Å²) in [6.45, 7) is 7.93. The Morgan fingerprint density at radius 1 is 1.08 bits per heavy atom. The second kappa shape index (κ2) is 7.40. The van der Waals surface area contributed by atoms with Crippen molar-refractivity contribution >= 4 is 17.3 Å². The third-order valence-corrected chi connectivity index (χ3v) is 4.88. The molecule has 1 heterocycles. The van der Waals surface area contributed by atoms with Crippen LogP contribution in [0.2, 0.25) is 0 Å². The minimum atomic E-state index is -4.34. The summed E-state index contributed by atoms with van der Waals surface area (Å²) in [6, 6.07) is 6.86. The number of piperazine rings is 1. The number of alkyl halides is 4. The van der Waals surface area contributed by atoms with E-state index >= 15 is 0 Å². The molecule has 0 N–H and O–H groups in total. The molecule has 0 saturated carbocycles. The predicted octanol–water partition coefficient (Wildman–Crippen LogP) is 4.36. The molecule has 0 spiro atoms. The van der Waals surface area contributed by atoms with Crippen molar-refractivity contribution in [2.75, 3.05) is 37.7 Å². The zero-order valence-corrected chi connectivity index (χ0v) is 15.0. The van der Waals surface area contributed by atoms with E-state index in [0.29, 0.717) is 18.8 Å². The Morgan fingerprint density at radius 2 is 1.67 bits per heavy atom. The average molecular weight is 365 g/mol. The Balaban J connectivity index is 2.02. The van der Waals surface area contributed by atoms with E-state index in [1.807, 2.05) is 6.07 Å². The monoisotopic (exact) mass is 364 g/mol. The maximum atomic E-state index is 12.4. The fourth-order valence-electron chi connectivity index (χ4n) is 2.74. The van der Waals surface area contributed by atoms with Crippen LogP contribution in [0.25, 0.3) is 0 Å². The van der Waals surface area contributed by atoms with Crippen molar-refractivity contribution < 1.29 is 17.9 Å². The van der Waals surface area contributed by atoms with Gasteiger partial charge in [0.05, 0.1) is 11.2 Å². The largest absolute Gasteiger partial charge is 0.482 e. The molecule has 1 aromatic rings. The first-order valence-electron chi connectivity index (χ1n) is 7.99. The Kier molecular flexibility index (Phi) is 5.91. The summed E-state index contributed by atoms with van der Waals surface area (Å²) in [5.41, 5.74) is 0.594. The van der Waals surface area contributed by atoms with Gasteiger partial charge in [-0.3, -0.25) is 4.90 Å². The van der Waals surface area contributed by atoms with Crippen LogP contribution >= 0.6 is 11.6 Å². The highest BCUT2D eigenvalue weighted by atomic mass is 35.5. The van der Waals surface area contributed by atoms with Gasteiger partial charge in [-0.1, -0.05) is 32.9 Å². The van der Waals surface area contributed by atoms with E-state index < -0.39 is 12.8 Å². The van der Waals surface area contributed by atoms with Gasteiger partial charge in [-0.05, 0) is 17.5 Å². The molecule has 3 nitrogen and oxygen atoms in total. The number of halogens is 4. The molecule has 1 aromatic carbocycles. The van der Waals surface area contributed by atoms with E-state index in [4.69, 9.17) is 16.3 Å². The molecule has 0 amide bonds. The molecule has 0 radical (unpaired) electrons. The number of hydrogen-bond acceptors (Lipinski definition) is 3. The van der Waals surface area contributed by atoms with Crippen molar-refractivity contribution in [3.63, 3.8) is 0 Å². The van der Waals surface area contributed by atoms with Gasteiger partial charge in [0.15, 0.2) is 6.61 Å². The molecule has 0 aliphatic carbocycles. The molecular formula is C17H24ClF3N2O. The summed E-state index contributed by atoms with van der Waals surface area (Å²) in [7, 11) is 0. The van der Waals surface area contributed by atoms with Crippen molar-refractivity contribution in [1.82, 2.24) is 4.90 Å². The summed E-state index contributed by atoms with van der Waals surface area (Å²) >= 11 is 6.52. The Labute approximate surface area is 146 Å². The van der Waals surface area contributed by atoms with Crippen LogP contribution in [0, 0.1) is 5.41 Å². The predicted molar refractivity (Wildman–Crippen MR) is 90.9 cm³/mol. The molecule has 1 saturated heterocycles. The molecule has 7 heteroatoms. The van der Waals surface area contributed by atoms with Crippen LogP contribution in [0.1, 0.15) is 20.8 Å². The summed E-state index contributed by atoms with van der Waals surface area (Å²) in [4.78, 5) is 4.26. The minimum Gasteiger partial charge on any atom is -0.482 e. The zero-order valence-electron chi connectivity index (χ0n) is 14.2. The SMILES string of the molecule is CC(C)(C)C(Cl)N1CCN(c2ccccc2OCC(F)(F)F)CC1. The fourth-order valence-corrected chi connectivity index (χ4v) is 2.93. The highest BCUT2D eigenvalue weighted by Gasteiger charge is 2.32. The van der Waals surface area contributed by atoms with Gasteiger partial charge in [-0.25, -0.2) is 0 Å². The smallest absolute Gasteiger partial charge is 0.422 e. The van der Waals surface area contributed by atoms with Crippen LogP contribution in [0.4, 0.5) is 18.9 Å². The summed E-state index contributed by atoms with van der Waals surface area (Å²) in [6.07, 6.45) is -4.34. The summed E-state index contributed by atoms with van der Waals surface area (Å²) < 4.78 is 42.2. The second-order valence-corrected chi connectivity index (χ2v) is 7.51. The van der Waals surface area contributed by atoms with E-state index in [-0.39, 0.29) is 16.7 Å². The number of benzene rings is 1. The van der Waals surface area contributed by atoms with Gasteiger partial charge < -0.3 is 9.64 Å². The molecule has 1 aliphatic rings. The van der Waals surface area contributed by atoms with Crippen LogP contribution in [0.15, 0.2) is 24.3 Å². The Bertz CT molecular complexity index is 537. The highest BCUT2D eigenvalue weighted by Crippen LogP contribution is 2.32. The van der Waals surface area contributed by atoms with E-state index in [1.54, 1.807) is 18.2 Å². The van der Waals surface area contributed by atoms with Crippen LogP contribution in [-0.2, 0) is 0 Å². The zero-order chi connectivity index (χ0) is 18.0. The molecule has 2 rings (SSSR count). The lowest BCUT2D eigenvalue weighted by Crippen LogP contribution is -2.52. The van der Waals surface area contributed by atoms with Crippen LogP contribution in [-0.4, -0.2) is 49.4 Å². The maximum Gasteiger partial charge on any atom is 0.422 e. The fraction of sp³-hybridized carbons (Fsp3) is 0.647. The third kappa shape index (κ3) is 5.18. The van der Waals surface area contributed by atoms with Crippen molar-refractivity contribution in [2.24, 2.45) is 5.41 Å². The average Bonchev–Trinajstić information content (AvgIpc) is 2.51. The molecule has 136 valence electrons. The van der Waals surface area contributed by atoms with Crippen molar-refractivity contribution in [1.29, 1.82) is 0 Å². The molecule has 0 bridgehead atoms. The van der Waals surface area contributed by atoms with E-state index in [1.165, 1.54) is 0 Å². The number of ether oxygens (including phenoxy) is 1. The van der Waals surface area contributed by atoms with Crippen molar-refractivity contribution in [2.45, 2.75) is 32.4 Å². The Morgan fingerprint density at radius 3 is 2.21 bits per heavy atom. The molecule has 0 aromatic heterocycles. The van der Waals surface area contributed by atoms with E-state index in [0.717, 1.165) is 13.1 Å². The number of hydrogen-bond donors (Lipinski definition) is 0. The number of anilines is 1. The van der Waals surface area contributed by atoms with Gasteiger partial charge in [-0.2, -0.15) is 13.2 Å². The first-order valence-corrected chi connectivity index (χ1v) is 8.43. The standard InChI is InChI=1S/C17H24ClF3N2O/c1-16(2,3)15(18)23-10-8-22(9-11-23)13-6-4-5-7-14(13)24-12-17(19,20)21/h4-7,15H,8-12H2,1-3H3. The van der Waals surface area contributed by atoms with Gasteiger partial charge >= 0.3 is 6.18 Å². The third-order valence-electron chi connectivity index (χ3n) is 3.95. The number of nitrogens with zero attached hydrogens (tertiary/aromatic N) is 2. The highest BCUT2D eigenvalue weighted by molar-refractivity contribution is 6.20. The quantitative estimate of drug-likeness (QED) is 0.583. The van der Waals surface area contributed by atoms with E-state index in [2.05, 4.69) is 30.6 Å². The topological polar surface area (TPSA) is 15.7 Å². The van der Waals surface area contributed by atoms with Gasteiger partial charge in [-0.15, -0.1) is 11.6 Å². The molecule has 1 unspecified atom stereocenters. The minimum absolute atomic E-state index is 0.0303. The van der Waals surface area contributed by atoms with Crippen molar-refractivity contribution in [3.05, 3.63) is 24.3 Å². The van der Waals surface area contributed by atoms with Crippen LogP contribution < -0.4 is 9.64 Å². The van der Waals surface area contributed by atoms with Crippen LogP contribution in [0.3, 0.4) is 0 Å². The van der Waals surface area contributed by atoms with Gasteiger partial charge in [0.25, 0.3) is 0 Å². The summed E-state index contributed by atoms with van der Waals surface area (Å²) in [5.74, 6) is 0.265. The van der Waals surface area contributed by atoms with Crippen LogP contribution in [0.5, 0.6) is 5.75 Å². The van der Waals surface area contributed by atoms with Crippen molar-refractivity contribution in [3.8, 4) is 5.75 Å². The molecule has 24 heavy (non-hydrogen) atoms. The van der Waals surface area contributed by atoms with Gasteiger partial charge in [0.1, 0.15) is 5.75 Å². The number of rotatable bonds is 4. The lowest BCUT2D eigenvalue weighted by molar-refractivity contribution is -0.153. The van der Waals surface area contributed by atoms with E-state index in [9.17, 15) is 13.2 Å². The molecule has 1 aliphatic heterocycles. The number of para-hydroxylation sites is 2.